The highest BCUT2D eigenvalue weighted by Gasteiger charge is 2.44. The second-order valence-corrected chi connectivity index (χ2v) is 10.0. The lowest BCUT2D eigenvalue weighted by molar-refractivity contribution is -0.253. The molecular weight excluding hydrogens is 470 g/mol. The van der Waals surface area contributed by atoms with E-state index in [1.165, 1.54) is 96.0 Å². The molecule has 0 aromatic heterocycles. The molecule has 1 rings (SSSR count). The maximum absolute atomic E-state index is 12.0. The minimum absolute atomic E-state index is 0.539. The molecule has 0 aliphatic carbocycles. The van der Waals surface area contributed by atoms with E-state index < -0.39 is 43.2 Å². The van der Waals surface area contributed by atoms with E-state index in [1.54, 1.807) is 12.2 Å². The normalized spacial score (nSPS) is 24.9. The van der Waals surface area contributed by atoms with E-state index in [9.17, 15) is 20.1 Å². The third-order valence-electron chi connectivity index (χ3n) is 6.80. The van der Waals surface area contributed by atoms with Crippen molar-refractivity contribution in [3.8, 4) is 0 Å². The Kier molecular flexibility index (Phi) is 19.3. The monoisotopic (exact) mass is 524 g/mol. The quantitative estimate of drug-likeness (QED) is 0.0833. The van der Waals surface area contributed by atoms with Crippen LogP contribution in [0.4, 0.5) is 0 Å². The molecule has 0 bridgehead atoms. The molecule has 0 aromatic carbocycles. The van der Waals surface area contributed by atoms with Crippen molar-refractivity contribution in [2.45, 2.75) is 140 Å². The molecule has 5 atom stereocenters. The van der Waals surface area contributed by atoms with E-state index >= 15 is 0 Å². The Balaban J connectivity index is 1.96. The van der Waals surface area contributed by atoms with Gasteiger partial charge in [-0.25, -0.2) is 0 Å². The van der Waals surface area contributed by atoms with Crippen molar-refractivity contribution >= 4 is 5.91 Å². The topological polar surface area (TPSA) is 119 Å². The number of carbonyl (C=O) groups excluding carboxylic acids is 1. The van der Waals surface area contributed by atoms with Crippen molar-refractivity contribution < 1.29 is 31.3 Å². The number of aliphatic hydroxyl groups excluding tert-OH is 4. The molecule has 1 amide bonds. The van der Waals surface area contributed by atoms with Crippen molar-refractivity contribution in [1.29, 1.82) is 0 Å². The fourth-order valence-corrected chi connectivity index (χ4v) is 4.47. The highest BCUT2D eigenvalue weighted by molar-refractivity contribution is 5.88. The second kappa shape index (κ2) is 22.5. The van der Waals surface area contributed by atoms with Gasteiger partial charge in [0.05, 0.1) is 6.61 Å². The maximum Gasteiger partial charge on any atom is 0.244 e. The van der Waals surface area contributed by atoms with Gasteiger partial charge >= 0.3 is 0 Å². The first-order chi connectivity index (χ1) is 18.5. The number of hydrogen-bond donors (Lipinski definition) is 5. The van der Waals surface area contributed by atoms with Gasteiger partial charge in [-0.3, -0.25) is 4.79 Å². The Labute approximate surface area is 226 Å². The van der Waals surface area contributed by atoms with Crippen LogP contribution in [0.3, 0.4) is 0 Å². The molecule has 1 aliphatic rings. The average Bonchev–Trinajstić information content (AvgIpc) is 2.91. The van der Waals surface area contributed by atoms with Gasteiger partial charge in [-0.15, -0.1) is 0 Å². The molecule has 1 fully saturated rings. The highest BCUT2D eigenvalue weighted by Crippen LogP contribution is 2.19. The SMILES string of the molecule is [2H]CCCCCCCCCCCCCCCCCC=CC=CC=CC(=O)N[C@H]1C(O)O[C@H](CO)[C@@H](O)[C@@H]1O. The number of aliphatic hydroxyl groups is 4. The van der Waals surface area contributed by atoms with Crippen LogP contribution in [0.15, 0.2) is 36.5 Å². The van der Waals surface area contributed by atoms with Crippen molar-refractivity contribution in [2.24, 2.45) is 0 Å². The van der Waals surface area contributed by atoms with Crippen LogP contribution in [-0.2, 0) is 9.53 Å². The first-order valence-electron chi connectivity index (χ1n) is 15.1. The van der Waals surface area contributed by atoms with Crippen LogP contribution in [-0.4, -0.2) is 63.6 Å². The third-order valence-corrected chi connectivity index (χ3v) is 6.80. The Hall–Kier alpha value is -1.51. The summed E-state index contributed by atoms with van der Waals surface area (Å²) in [6, 6.07) is -1.19. The highest BCUT2D eigenvalue weighted by atomic mass is 16.6. The molecule has 1 aliphatic heterocycles. The van der Waals surface area contributed by atoms with Gasteiger partial charge in [0.25, 0.3) is 0 Å². The molecular formula is C30H53NO6. The van der Waals surface area contributed by atoms with Crippen molar-refractivity contribution in [3.05, 3.63) is 36.5 Å². The van der Waals surface area contributed by atoms with E-state index in [0.717, 1.165) is 12.8 Å². The molecule has 7 heteroatoms. The zero-order valence-corrected chi connectivity index (χ0v) is 22.7. The Morgan fingerprint density at radius 3 is 1.89 bits per heavy atom. The number of hydrogen-bond acceptors (Lipinski definition) is 6. The summed E-state index contributed by atoms with van der Waals surface area (Å²) in [7, 11) is 0. The van der Waals surface area contributed by atoms with Crippen LogP contribution >= 0.6 is 0 Å². The van der Waals surface area contributed by atoms with Crippen LogP contribution in [0.2, 0.25) is 0 Å². The summed E-state index contributed by atoms with van der Waals surface area (Å²) in [5.74, 6) is -0.539. The van der Waals surface area contributed by atoms with Gasteiger partial charge in [0.15, 0.2) is 6.29 Å². The maximum atomic E-state index is 12.0. The van der Waals surface area contributed by atoms with Gasteiger partial charge in [0, 0.05) is 7.45 Å². The predicted octanol–water partition coefficient (Wildman–Crippen LogP) is 4.83. The lowest BCUT2D eigenvalue weighted by atomic mass is 9.97. The minimum atomic E-state index is -1.53. The number of rotatable bonds is 21. The molecule has 7 nitrogen and oxygen atoms in total. The van der Waals surface area contributed by atoms with Gasteiger partial charge in [-0.05, 0) is 12.8 Å². The average molecular weight is 525 g/mol. The van der Waals surface area contributed by atoms with Crippen molar-refractivity contribution in [2.75, 3.05) is 6.61 Å². The molecule has 0 spiro atoms. The molecule has 5 N–H and O–H groups in total. The molecule has 0 saturated carbocycles. The van der Waals surface area contributed by atoms with Crippen molar-refractivity contribution in [3.63, 3.8) is 0 Å². The van der Waals surface area contributed by atoms with Crippen molar-refractivity contribution in [1.82, 2.24) is 5.32 Å². The summed E-state index contributed by atoms with van der Waals surface area (Å²) in [5, 5.41) is 41.3. The lowest BCUT2D eigenvalue weighted by Gasteiger charge is -2.40. The number of amides is 1. The standard InChI is InChI=1S/C30H53NO6/c1-2-3-4-5-6-7-8-9-10-11-12-13-14-15-16-17-18-19-20-21-22-23-26(33)31-27-29(35)28(34)25(24-32)37-30(27)36/h18-23,25,27-30,32,34-36H,2-17,24H2,1H3,(H,31,33)/t25-,27-,28-,29-,30?/m1/s1/i1D. The van der Waals surface area contributed by atoms with Crippen LogP contribution in [0, 0.1) is 0 Å². The second-order valence-electron chi connectivity index (χ2n) is 10.0. The first kappa shape index (κ1) is 31.7. The zero-order chi connectivity index (χ0) is 27.8. The van der Waals surface area contributed by atoms with Gasteiger partial charge in [-0.2, -0.15) is 0 Å². The molecule has 0 aromatic rings. The summed E-state index contributed by atoms with van der Waals surface area (Å²) >= 11 is 0. The summed E-state index contributed by atoms with van der Waals surface area (Å²) < 4.78 is 12.2. The fraction of sp³-hybridized carbons (Fsp3) is 0.767. The minimum Gasteiger partial charge on any atom is -0.394 e. The van der Waals surface area contributed by atoms with E-state index in [0.29, 0.717) is 6.90 Å². The van der Waals surface area contributed by atoms with E-state index in [1.807, 2.05) is 12.2 Å². The smallest absolute Gasteiger partial charge is 0.244 e. The van der Waals surface area contributed by atoms with E-state index in [-0.39, 0.29) is 0 Å². The zero-order valence-electron chi connectivity index (χ0n) is 23.7. The molecule has 1 heterocycles. The summed E-state index contributed by atoms with van der Waals surface area (Å²) in [5.41, 5.74) is 0. The fourth-order valence-electron chi connectivity index (χ4n) is 4.47. The number of ether oxygens (including phenoxy) is 1. The molecule has 37 heavy (non-hydrogen) atoms. The Bertz CT molecular complexity index is 671. The largest absolute Gasteiger partial charge is 0.394 e. The van der Waals surface area contributed by atoms with E-state index in [4.69, 9.17) is 11.2 Å². The molecule has 1 saturated heterocycles. The lowest BCUT2D eigenvalue weighted by Crippen LogP contribution is -2.64. The van der Waals surface area contributed by atoms with E-state index in [2.05, 4.69) is 11.4 Å². The molecule has 214 valence electrons. The number of unbranched alkanes of at least 4 members (excludes halogenated alkanes) is 15. The van der Waals surface area contributed by atoms with Gasteiger partial charge < -0.3 is 30.5 Å². The van der Waals surface area contributed by atoms with Gasteiger partial charge in [0.2, 0.25) is 5.91 Å². The van der Waals surface area contributed by atoms with Crippen LogP contribution in [0.1, 0.15) is 111 Å². The Morgan fingerprint density at radius 1 is 0.784 bits per heavy atom. The molecule has 0 radical (unpaired) electrons. The predicted molar refractivity (Wildman–Crippen MR) is 149 cm³/mol. The number of allylic oxidation sites excluding steroid dienone is 5. The third kappa shape index (κ3) is 16.1. The first-order valence-corrected chi connectivity index (χ1v) is 14.4. The number of carbonyl (C=O) groups is 1. The molecule has 1 unspecified atom stereocenters. The van der Waals surface area contributed by atoms with Gasteiger partial charge in [-0.1, -0.05) is 127 Å². The van der Waals surface area contributed by atoms with Crippen LogP contribution < -0.4 is 5.32 Å². The summed E-state index contributed by atoms with van der Waals surface area (Å²) in [6.07, 6.45) is 25.6. The number of nitrogens with one attached hydrogen (secondary N) is 1. The summed E-state index contributed by atoms with van der Waals surface area (Å²) in [6.45, 7) is 0.0330. The van der Waals surface area contributed by atoms with Crippen LogP contribution in [0.25, 0.3) is 0 Å². The Morgan fingerprint density at radius 2 is 1.32 bits per heavy atom. The van der Waals surface area contributed by atoms with Crippen LogP contribution in [0.5, 0.6) is 0 Å². The van der Waals surface area contributed by atoms with Gasteiger partial charge in [0.1, 0.15) is 24.4 Å². The summed E-state index contributed by atoms with van der Waals surface area (Å²) in [4.78, 5) is 12.0.